The van der Waals surface area contributed by atoms with Crippen molar-refractivity contribution < 1.29 is 0 Å². The molecule has 0 radical (unpaired) electrons. The fraction of sp³-hybridized carbons (Fsp3) is 0. The van der Waals surface area contributed by atoms with Crippen molar-refractivity contribution in [2.24, 2.45) is 0 Å². The molecule has 0 unspecified atom stereocenters. The summed E-state index contributed by atoms with van der Waals surface area (Å²) < 4.78 is 0. The van der Waals surface area contributed by atoms with E-state index in [2.05, 4.69) is 0 Å². The van der Waals surface area contributed by atoms with Crippen LogP contribution in [0.3, 0.4) is 0 Å². The van der Waals surface area contributed by atoms with Gasteiger partial charge < -0.3 is 0 Å². The van der Waals surface area contributed by atoms with Crippen molar-refractivity contribution in [2.75, 3.05) is 0 Å². The van der Waals surface area contributed by atoms with Gasteiger partial charge in [-0.2, -0.15) is 0 Å². The second-order valence-electron chi connectivity index (χ2n) is 7.19. The Kier molecular flexibility index (Phi) is 10.6. The van der Waals surface area contributed by atoms with Crippen molar-refractivity contribution in [2.45, 2.75) is 0 Å². The van der Waals surface area contributed by atoms with Crippen LogP contribution in [0.5, 0.6) is 0 Å². The number of thiophene rings is 1. The smallest absolute Gasteiger partial charge is 0.0809 e. The highest BCUT2D eigenvalue weighted by Crippen LogP contribution is 2.59. The molecule has 1 aromatic heterocycles. The van der Waals surface area contributed by atoms with E-state index >= 15 is 0 Å². The van der Waals surface area contributed by atoms with Crippen LogP contribution in [-0.4, -0.2) is 0 Å². The summed E-state index contributed by atoms with van der Waals surface area (Å²) in [5.41, 5.74) is 0.986. The van der Waals surface area contributed by atoms with Gasteiger partial charge in [0.05, 0.1) is 75.3 Å². The Balaban J connectivity index is 2.23. The summed E-state index contributed by atoms with van der Waals surface area (Å²) >= 11 is 97.4. The zero-order valence-corrected chi connectivity index (χ0v) is 29.3. The van der Waals surface area contributed by atoms with Crippen molar-refractivity contribution in [3.63, 3.8) is 0 Å². The maximum absolute atomic E-state index is 6.62. The average molecular weight is 829 g/mol. The fourth-order valence-corrected chi connectivity index (χ4v) is 8.87. The van der Waals surface area contributed by atoms with Crippen LogP contribution in [0.2, 0.25) is 75.3 Å². The number of rotatable bonds is 3. The molecule has 0 atom stereocenters. The van der Waals surface area contributed by atoms with Gasteiger partial charge in [0, 0.05) is 32.0 Å². The molecule has 38 heavy (non-hydrogen) atoms. The van der Waals surface area contributed by atoms with Crippen LogP contribution in [0, 0.1) is 0 Å². The van der Waals surface area contributed by atoms with Crippen molar-refractivity contribution >= 4 is 185 Å². The standard InChI is InChI=1S/C22HCl15S/c23-7-4(8(24)14(30)19(35)13(7)29)2-1-3(5-9(25)15(31)20(36)16(32)10(5)26)38-22(2)6-11(27)17(33)21(37)18(34)12(6)28/h1H. The lowest BCUT2D eigenvalue weighted by Gasteiger charge is -2.16. The van der Waals surface area contributed by atoms with Gasteiger partial charge in [-0.1, -0.05) is 174 Å². The molecule has 4 aromatic rings. The number of halogens is 15. The molecule has 0 spiro atoms. The van der Waals surface area contributed by atoms with Gasteiger partial charge in [0.25, 0.3) is 0 Å². The second-order valence-corrected chi connectivity index (χ2v) is 13.9. The fourth-order valence-electron chi connectivity index (χ4n) is 3.35. The number of hydrogen-bond donors (Lipinski definition) is 0. The highest BCUT2D eigenvalue weighted by molar-refractivity contribution is 7.19. The largest absolute Gasteiger partial charge is 0.134 e. The van der Waals surface area contributed by atoms with Crippen LogP contribution in [0.25, 0.3) is 32.0 Å². The summed E-state index contributed by atoms with van der Waals surface area (Å²) in [5, 5.41) is -0.315. The molecule has 3 aromatic carbocycles. The van der Waals surface area contributed by atoms with Gasteiger partial charge in [0.1, 0.15) is 0 Å². The monoisotopic (exact) mass is 822 g/mol. The topological polar surface area (TPSA) is 0 Å². The maximum atomic E-state index is 6.62. The first-order valence-corrected chi connectivity index (χ1v) is 15.8. The zero-order valence-electron chi connectivity index (χ0n) is 17.2. The molecule has 1 heterocycles. The maximum Gasteiger partial charge on any atom is 0.0809 e. The summed E-state index contributed by atoms with van der Waals surface area (Å²) in [5.74, 6) is 0. The predicted molar refractivity (Wildman–Crippen MR) is 176 cm³/mol. The van der Waals surface area contributed by atoms with Gasteiger partial charge in [-0.25, -0.2) is 0 Å². The molecule has 16 heteroatoms. The van der Waals surface area contributed by atoms with Crippen LogP contribution in [0.15, 0.2) is 6.07 Å². The van der Waals surface area contributed by atoms with Gasteiger partial charge >= 0.3 is 0 Å². The summed E-state index contributed by atoms with van der Waals surface area (Å²) in [6.07, 6.45) is 0. The molecular formula is C22HCl15S. The van der Waals surface area contributed by atoms with E-state index in [-0.39, 0.29) is 92.0 Å². The second kappa shape index (κ2) is 12.4. The summed E-state index contributed by atoms with van der Waals surface area (Å²) in [6, 6.07) is 1.63. The molecule has 0 saturated heterocycles. The van der Waals surface area contributed by atoms with Crippen LogP contribution < -0.4 is 0 Å². The molecule has 200 valence electrons. The van der Waals surface area contributed by atoms with E-state index in [0.29, 0.717) is 15.3 Å². The Labute approximate surface area is 295 Å². The minimum absolute atomic E-state index is 0.0107. The van der Waals surface area contributed by atoms with Crippen LogP contribution in [-0.2, 0) is 0 Å². The Morgan fingerprint density at radius 1 is 0.316 bits per heavy atom. The lowest BCUT2D eigenvalue weighted by atomic mass is 10.0. The molecular weight excluding hydrogens is 828 g/mol. The van der Waals surface area contributed by atoms with Crippen molar-refractivity contribution in [3.05, 3.63) is 81.4 Å². The third-order valence-corrected chi connectivity index (χ3v) is 13.1. The van der Waals surface area contributed by atoms with E-state index in [1.165, 1.54) is 0 Å². The first-order valence-electron chi connectivity index (χ1n) is 9.32. The minimum Gasteiger partial charge on any atom is -0.134 e. The SMILES string of the molecule is Clc1c(Cl)c(Cl)c(-c2cc(-c3c(Cl)c(Cl)c(Cl)c(Cl)c3Cl)c(-c3c(Cl)c(Cl)c(Cl)c(Cl)c3Cl)s2)c(Cl)c1Cl. The normalized spacial score (nSPS) is 11.6. The first kappa shape index (κ1) is 32.6. The third-order valence-electron chi connectivity index (χ3n) is 5.10. The van der Waals surface area contributed by atoms with E-state index in [0.717, 1.165) is 11.3 Å². The van der Waals surface area contributed by atoms with E-state index in [1.54, 1.807) is 6.07 Å². The molecule has 0 aliphatic rings. The molecule has 4 rings (SSSR count). The van der Waals surface area contributed by atoms with Gasteiger partial charge in [0.15, 0.2) is 0 Å². The highest BCUT2D eigenvalue weighted by Gasteiger charge is 2.30. The van der Waals surface area contributed by atoms with Crippen molar-refractivity contribution in [1.82, 2.24) is 0 Å². The van der Waals surface area contributed by atoms with Gasteiger partial charge in [-0.05, 0) is 6.07 Å². The van der Waals surface area contributed by atoms with Gasteiger partial charge in [-0.3, -0.25) is 0 Å². The minimum atomic E-state index is -0.0468. The molecule has 0 bridgehead atoms. The molecule has 0 nitrogen and oxygen atoms in total. The third kappa shape index (κ3) is 5.32. The molecule has 0 amide bonds. The van der Waals surface area contributed by atoms with E-state index < -0.39 is 0 Å². The quantitative estimate of drug-likeness (QED) is 0.143. The number of benzene rings is 3. The van der Waals surface area contributed by atoms with Crippen molar-refractivity contribution in [3.8, 4) is 32.0 Å². The predicted octanol–water partition coefficient (Wildman–Crippen LogP) is 16.6. The zero-order chi connectivity index (χ0) is 28.5. The van der Waals surface area contributed by atoms with Crippen LogP contribution in [0.1, 0.15) is 0 Å². The van der Waals surface area contributed by atoms with Gasteiger partial charge in [-0.15, -0.1) is 11.3 Å². The lowest BCUT2D eigenvalue weighted by molar-refractivity contribution is 1.63. The van der Waals surface area contributed by atoms with Gasteiger partial charge in [0.2, 0.25) is 0 Å². The summed E-state index contributed by atoms with van der Waals surface area (Å²) in [4.78, 5) is 0.789. The van der Waals surface area contributed by atoms with Crippen LogP contribution >= 0.6 is 185 Å². The molecule has 0 saturated carbocycles. The van der Waals surface area contributed by atoms with E-state index in [4.69, 9.17) is 174 Å². The van der Waals surface area contributed by atoms with Crippen molar-refractivity contribution in [1.29, 1.82) is 0 Å². The van der Waals surface area contributed by atoms with Crippen LogP contribution in [0.4, 0.5) is 0 Å². The Morgan fingerprint density at radius 3 is 0.921 bits per heavy atom. The van der Waals surface area contributed by atoms with E-state index in [1.807, 2.05) is 0 Å². The first-order chi connectivity index (χ1) is 17.6. The number of hydrogen-bond acceptors (Lipinski definition) is 1. The molecule has 0 N–H and O–H groups in total. The summed E-state index contributed by atoms with van der Waals surface area (Å²) in [6.45, 7) is 0. The molecule has 0 aliphatic carbocycles. The highest BCUT2D eigenvalue weighted by atomic mass is 35.5. The molecule has 0 fully saturated rings. The van der Waals surface area contributed by atoms with E-state index in [9.17, 15) is 0 Å². The Hall–Kier alpha value is 1.71. The Bertz CT molecular complexity index is 1500. The Morgan fingerprint density at radius 2 is 0.579 bits per heavy atom. The molecule has 0 aliphatic heterocycles. The lowest BCUT2D eigenvalue weighted by Crippen LogP contribution is -1.90. The average Bonchev–Trinajstić information content (AvgIpc) is 3.30. The summed E-state index contributed by atoms with van der Waals surface area (Å²) in [7, 11) is 0.